The summed E-state index contributed by atoms with van der Waals surface area (Å²) in [5.41, 5.74) is -0.951. The molecule has 1 aliphatic rings. The Morgan fingerprint density at radius 1 is 1.26 bits per heavy atom. The fraction of sp³-hybridized carbons (Fsp3) is 0.833. The highest BCUT2D eigenvalue weighted by molar-refractivity contribution is 5.97. The van der Waals surface area contributed by atoms with E-state index in [1.54, 1.807) is 13.8 Å². The van der Waals surface area contributed by atoms with Crippen molar-refractivity contribution in [1.82, 2.24) is 10.2 Å². The molecule has 0 aromatic rings. The minimum Gasteiger partial charge on any atom is -0.340 e. The molecule has 2 amide bonds. The SMILES string of the molecule is CCC1(CC)NC(=O)CN(CCCC(F)(F)F)C1=O. The average molecular weight is 280 g/mol. The Balaban J connectivity index is 2.67. The summed E-state index contributed by atoms with van der Waals surface area (Å²) < 4.78 is 36.3. The highest BCUT2D eigenvalue weighted by atomic mass is 19.4. The first-order chi connectivity index (χ1) is 8.74. The van der Waals surface area contributed by atoms with Crippen molar-refractivity contribution in [2.75, 3.05) is 13.1 Å². The number of halogens is 3. The summed E-state index contributed by atoms with van der Waals surface area (Å²) in [5, 5.41) is 2.66. The van der Waals surface area contributed by atoms with Gasteiger partial charge >= 0.3 is 6.18 Å². The molecule has 1 saturated heterocycles. The number of alkyl halides is 3. The van der Waals surface area contributed by atoms with Crippen molar-refractivity contribution in [3.8, 4) is 0 Å². The molecule has 0 saturated carbocycles. The van der Waals surface area contributed by atoms with Crippen LogP contribution in [0.5, 0.6) is 0 Å². The van der Waals surface area contributed by atoms with Gasteiger partial charge in [0.2, 0.25) is 11.8 Å². The summed E-state index contributed by atoms with van der Waals surface area (Å²) in [4.78, 5) is 25.1. The van der Waals surface area contributed by atoms with Gasteiger partial charge in [0.05, 0.1) is 6.54 Å². The molecule has 7 heteroatoms. The molecule has 0 atom stereocenters. The van der Waals surface area contributed by atoms with E-state index in [2.05, 4.69) is 5.32 Å². The first-order valence-electron chi connectivity index (χ1n) is 6.41. The van der Waals surface area contributed by atoms with Gasteiger partial charge in [0, 0.05) is 13.0 Å². The molecule has 0 unspecified atom stereocenters. The van der Waals surface area contributed by atoms with Crippen LogP contribution in [-0.2, 0) is 9.59 Å². The number of nitrogens with zero attached hydrogens (tertiary/aromatic N) is 1. The molecule has 1 fully saturated rings. The molecule has 0 aliphatic carbocycles. The minimum absolute atomic E-state index is 0.0342. The zero-order valence-electron chi connectivity index (χ0n) is 11.1. The van der Waals surface area contributed by atoms with Crippen LogP contribution in [0.1, 0.15) is 39.5 Å². The van der Waals surface area contributed by atoms with Crippen molar-refractivity contribution in [1.29, 1.82) is 0 Å². The number of carbonyl (C=O) groups is 2. The molecule has 1 aliphatic heterocycles. The summed E-state index contributed by atoms with van der Waals surface area (Å²) in [7, 11) is 0. The normalized spacial score (nSPS) is 19.5. The number of piperazine rings is 1. The van der Waals surface area contributed by atoms with E-state index in [0.29, 0.717) is 12.8 Å². The van der Waals surface area contributed by atoms with E-state index in [-0.39, 0.29) is 31.3 Å². The first kappa shape index (κ1) is 15.8. The molecule has 0 aromatic carbocycles. The van der Waals surface area contributed by atoms with Gasteiger partial charge in [-0.2, -0.15) is 13.2 Å². The van der Waals surface area contributed by atoms with E-state index >= 15 is 0 Å². The van der Waals surface area contributed by atoms with Crippen molar-refractivity contribution < 1.29 is 22.8 Å². The monoisotopic (exact) mass is 280 g/mol. The van der Waals surface area contributed by atoms with Crippen LogP contribution in [-0.4, -0.2) is 41.5 Å². The van der Waals surface area contributed by atoms with Gasteiger partial charge in [0.1, 0.15) is 5.54 Å². The number of carbonyl (C=O) groups excluding carboxylic acids is 2. The molecule has 0 spiro atoms. The fourth-order valence-corrected chi connectivity index (χ4v) is 2.29. The lowest BCUT2D eigenvalue weighted by Crippen LogP contribution is -2.66. The van der Waals surface area contributed by atoms with E-state index < -0.39 is 18.1 Å². The smallest absolute Gasteiger partial charge is 0.340 e. The predicted octanol–water partition coefficient (Wildman–Crippen LogP) is 1.85. The van der Waals surface area contributed by atoms with Gasteiger partial charge in [-0.25, -0.2) is 0 Å². The fourth-order valence-electron chi connectivity index (χ4n) is 2.29. The maximum Gasteiger partial charge on any atom is 0.389 e. The Morgan fingerprint density at radius 3 is 2.32 bits per heavy atom. The quantitative estimate of drug-likeness (QED) is 0.835. The zero-order valence-corrected chi connectivity index (χ0v) is 11.1. The number of amides is 2. The van der Waals surface area contributed by atoms with E-state index in [4.69, 9.17) is 0 Å². The zero-order chi connectivity index (χ0) is 14.7. The maximum atomic E-state index is 12.2. The van der Waals surface area contributed by atoms with Crippen LogP contribution in [0.25, 0.3) is 0 Å². The summed E-state index contributed by atoms with van der Waals surface area (Å²) in [6.07, 6.45) is -4.48. The number of hydrogen-bond donors (Lipinski definition) is 1. The van der Waals surface area contributed by atoms with Crippen LogP contribution < -0.4 is 5.32 Å². The molecule has 0 radical (unpaired) electrons. The molecule has 4 nitrogen and oxygen atoms in total. The predicted molar refractivity (Wildman–Crippen MR) is 63.3 cm³/mol. The van der Waals surface area contributed by atoms with Crippen LogP contribution in [0.15, 0.2) is 0 Å². The highest BCUT2D eigenvalue weighted by Crippen LogP contribution is 2.24. The minimum atomic E-state index is -4.23. The second kappa shape index (κ2) is 5.79. The van der Waals surface area contributed by atoms with Gasteiger partial charge < -0.3 is 10.2 Å². The van der Waals surface area contributed by atoms with Crippen molar-refractivity contribution in [3.05, 3.63) is 0 Å². The molecule has 1 N–H and O–H groups in total. The Bertz CT molecular complexity index is 351. The van der Waals surface area contributed by atoms with Gasteiger partial charge in [0.15, 0.2) is 0 Å². The van der Waals surface area contributed by atoms with Crippen molar-refractivity contribution in [2.24, 2.45) is 0 Å². The van der Waals surface area contributed by atoms with Gasteiger partial charge in [0.25, 0.3) is 0 Å². The summed E-state index contributed by atoms with van der Waals surface area (Å²) in [6, 6.07) is 0. The highest BCUT2D eigenvalue weighted by Gasteiger charge is 2.43. The van der Waals surface area contributed by atoms with Crippen LogP contribution in [0.3, 0.4) is 0 Å². The Hall–Kier alpha value is -1.27. The Kier molecular flexibility index (Phi) is 4.81. The Labute approximate surface area is 110 Å². The van der Waals surface area contributed by atoms with Crippen LogP contribution >= 0.6 is 0 Å². The molecule has 0 aromatic heterocycles. The third-order valence-corrected chi connectivity index (χ3v) is 3.51. The summed E-state index contributed by atoms with van der Waals surface area (Å²) in [6.45, 7) is 3.37. The lowest BCUT2D eigenvalue weighted by Gasteiger charge is -2.41. The van der Waals surface area contributed by atoms with Gasteiger partial charge in [-0.05, 0) is 19.3 Å². The topological polar surface area (TPSA) is 49.4 Å². The van der Waals surface area contributed by atoms with Gasteiger partial charge in [-0.3, -0.25) is 9.59 Å². The van der Waals surface area contributed by atoms with E-state index in [1.807, 2.05) is 0 Å². The largest absolute Gasteiger partial charge is 0.389 e. The standard InChI is InChI=1S/C12H19F3N2O2/c1-3-11(4-2)10(19)17(8-9(18)16-11)7-5-6-12(13,14)15/h3-8H2,1-2H3,(H,16,18). The molecule has 110 valence electrons. The molecule has 1 rings (SSSR count). The second-order valence-corrected chi connectivity index (χ2v) is 4.78. The Morgan fingerprint density at radius 2 is 1.84 bits per heavy atom. The van der Waals surface area contributed by atoms with Crippen molar-refractivity contribution >= 4 is 11.8 Å². The number of rotatable bonds is 5. The van der Waals surface area contributed by atoms with Crippen molar-refractivity contribution in [2.45, 2.75) is 51.2 Å². The van der Waals surface area contributed by atoms with Gasteiger partial charge in [-0.15, -0.1) is 0 Å². The van der Waals surface area contributed by atoms with Crippen LogP contribution in [0.2, 0.25) is 0 Å². The number of hydrogen-bond acceptors (Lipinski definition) is 2. The van der Waals surface area contributed by atoms with Crippen molar-refractivity contribution in [3.63, 3.8) is 0 Å². The maximum absolute atomic E-state index is 12.2. The van der Waals surface area contributed by atoms with Gasteiger partial charge in [-0.1, -0.05) is 13.8 Å². The molecular weight excluding hydrogens is 261 g/mol. The summed E-state index contributed by atoms with van der Waals surface area (Å²) >= 11 is 0. The third-order valence-electron chi connectivity index (χ3n) is 3.51. The molecule has 0 bridgehead atoms. The van der Waals surface area contributed by atoms with Crippen LogP contribution in [0, 0.1) is 0 Å². The summed E-state index contributed by atoms with van der Waals surface area (Å²) in [5.74, 6) is -0.588. The third kappa shape index (κ3) is 3.84. The first-order valence-corrected chi connectivity index (χ1v) is 6.41. The molecular formula is C12H19F3N2O2. The number of nitrogens with one attached hydrogen (secondary N) is 1. The molecule has 1 heterocycles. The van der Waals surface area contributed by atoms with E-state index in [1.165, 1.54) is 4.90 Å². The average Bonchev–Trinajstić information content (AvgIpc) is 2.31. The molecule has 19 heavy (non-hydrogen) atoms. The lowest BCUT2D eigenvalue weighted by molar-refractivity contribution is -0.152. The second-order valence-electron chi connectivity index (χ2n) is 4.78. The lowest BCUT2D eigenvalue weighted by atomic mass is 9.89. The van der Waals surface area contributed by atoms with E-state index in [0.717, 1.165) is 0 Å². The van der Waals surface area contributed by atoms with E-state index in [9.17, 15) is 22.8 Å². The van der Waals surface area contributed by atoms with Crippen LogP contribution in [0.4, 0.5) is 13.2 Å².